The van der Waals surface area contributed by atoms with Gasteiger partial charge in [0, 0.05) is 12.8 Å². The van der Waals surface area contributed by atoms with Gasteiger partial charge >= 0.3 is 0 Å². The highest BCUT2D eigenvalue weighted by Gasteiger charge is 2.31. The molecule has 0 saturated heterocycles. The van der Waals surface area contributed by atoms with E-state index in [1.807, 2.05) is 11.6 Å². The van der Waals surface area contributed by atoms with E-state index in [4.69, 9.17) is 5.73 Å². The van der Waals surface area contributed by atoms with Crippen LogP contribution in [-0.4, -0.2) is 30.8 Å². The molecule has 1 amide bonds. The zero-order valence-corrected chi connectivity index (χ0v) is 12.9. The second-order valence-corrected chi connectivity index (χ2v) is 6.80. The molecular weight excluding hydrogens is 224 g/mol. The molecular formula is C15H31N2O+. The van der Waals surface area contributed by atoms with E-state index in [0.717, 1.165) is 32.2 Å². The molecule has 0 heterocycles. The highest BCUT2D eigenvalue weighted by Crippen LogP contribution is 2.41. The lowest BCUT2D eigenvalue weighted by Gasteiger charge is -2.36. The van der Waals surface area contributed by atoms with Crippen LogP contribution >= 0.6 is 0 Å². The van der Waals surface area contributed by atoms with Crippen molar-refractivity contribution >= 4 is 12.6 Å². The molecule has 3 heteroatoms. The van der Waals surface area contributed by atoms with Gasteiger partial charge in [-0.1, -0.05) is 34.1 Å². The van der Waals surface area contributed by atoms with Gasteiger partial charge in [0.15, 0.2) is 0 Å². The number of primary amides is 1. The maximum Gasteiger partial charge on any atom is 0.217 e. The fourth-order valence-electron chi connectivity index (χ4n) is 2.56. The average molecular weight is 255 g/mol. The lowest BCUT2D eigenvalue weighted by atomic mass is 9.69. The summed E-state index contributed by atoms with van der Waals surface area (Å²) in [5, 5.41) is 0. The number of hydrogen-bond acceptors (Lipinski definition) is 1. The van der Waals surface area contributed by atoms with E-state index in [1.165, 1.54) is 0 Å². The van der Waals surface area contributed by atoms with Gasteiger partial charge in [-0.05, 0) is 23.7 Å². The molecule has 0 aliphatic carbocycles. The van der Waals surface area contributed by atoms with Crippen molar-refractivity contribution in [3.05, 3.63) is 0 Å². The number of amides is 1. The van der Waals surface area contributed by atoms with Gasteiger partial charge in [0.2, 0.25) is 5.91 Å². The van der Waals surface area contributed by atoms with Gasteiger partial charge in [0.1, 0.15) is 20.3 Å². The number of nitrogens with two attached hydrogens (primary N) is 1. The van der Waals surface area contributed by atoms with Crippen LogP contribution in [-0.2, 0) is 4.79 Å². The van der Waals surface area contributed by atoms with Crippen molar-refractivity contribution in [2.24, 2.45) is 16.6 Å². The molecule has 0 saturated carbocycles. The molecule has 106 valence electrons. The number of rotatable bonds is 9. The molecule has 0 radical (unpaired) electrons. The molecule has 0 aliphatic rings. The van der Waals surface area contributed by atoms with Crippen LogP contribution in [0, 0.1) is 10.8 Å². The first-order valence-electron chi connectivity index (χ1n) is 6.90. The second kappa shape index (κ2) is 6.91. The van der Waals surface area contributed by atoms with E-state index in [-0.39, 0.29) is 11.3 Å². The fraction of sp³-hybridized carbons (Fsp3) is 0.867. The quantitative estimate of drug-likeness (QED) is 0.500. The summed E-state index contributed by atoms with van der Waals surface area (Å²) in [6.07, 6.45) is 4.78. The van der Waals surface area contributed by atoms with Crippen molar-refractivity contribution in [3.8, 4) is 0 Å². The molecule has 0 fully saturated rings. The molecule has 0 bridgehead atoms. The summed E-state index contributed by atoms with van der Waals surface area (Å²) in [6, 6.07) is 0. The summed E-state index contributed by atoms with van der Waals surface area (Å²) in [5.74, 6) is -0.196. The summed E-state index contributed by atoms with van der Waals surface area (Å²) in [7, 11) is 2.01. The van der Waals surface area contributed by atoms with E-state index in [9.17, 15) is 4.79 Å². The SMILES string of the molecule is C=[N+](C)CCC(C)(CC)CC(C)(C)CCC(N)=O. The topological polar surface area (TPSA) is 46.1 Å². The van der Waals surface area contributed by atoms with Gasteiger partial charge in [-0.15, -0.1) is 0 Å². The molecule has 3 nitrogen and oxygen atoms in total. The third-order valence-electron chi connectivity index (χ3n) is 3.90. The Balaban J connectivity index is 4.47. The van der Waals surface area contributed by atoms with Crippen LogP contribution in [0.25, 0.3) is 0 Å². The first kappa shape index (κ1) is 17.1. The average Bonchev–Trinajstić information content (AvgIpc) is 2.23. The molecule has 0 aromatic rings. The van der Waals surface area contributed by atoms with Crippen LogP contribution in [0.5, 0.6) is 0 Å². The van der Waals surface area contributed by atoms with Crippen LogP contribution in [0.4, 0.5) is 0 Å². The minimum absolute atomic E-state index is 0.166. The Bertz CT molecular complexity index is 297. The zero-order valence-electron chi connectivity index (χ0n) is 12.9. The Morgan fingerprint density at radius 1 is 1.28 bits per heavy atom. The Labute approximate surface area is 112 Å². The Hall–Kier alpha value is -0.860. The number of carbonyl (C=O) groups is 1. The third-order valence-corrected chi connectivity index (χ3v) is 3.90. The zero-order chi connectivity index (χ0) is 14.4. The second-order valence-electron chi connectivity index (χ2n) is 6.80. The summed E-state index contributed by atoms with van der Waals surface area (Å²) < 4.78 is 1.99. The summed E-state index contributed by atoms with van der Waals surface area (Å²) in [5.41, 5.74) is 5.72. The number of hydrogen-bond donors (Lipinski definition) is 1. The third kappa shape index (κ3) is 7.46. The van der Waals surface area contributed by atoms with E-state index in [2.05, 4.69) is 34.4 Å². The van der Waals surface area contributed by atoms with Gasteiger partial charge in [0.05, 0.1) is 0 Å². The molecule has 1 atom stereocenters. The predicted octanol–water partition coefficient (Wildman–Crippen LogP) is 2.82. The van der Waals surface area contributed by atoms with E-state index >= 15 is 0 Å². The van der Waals surface area contributed by atoms with Gasteiger partial charge in [-0.3, -0.25) is 4.79 Å². The first-order chi connectivity index (χ1) is 8.10. The van der Waals surface area contributed by atoms with E-state index in [1.54, 1.807) is 0 Å². The molecule has 0 aromatic carbocycles. The lowest BCUT2D eigenvalue weighted by Crippen LogP contribution is -2.29. The van der Waals surface area contributed by atoms with Crippen molar-refractivity contribution in [1.29, 1.82) is 0 Å². The molecule has 0 spiro atoms. The monoisotopic (exact) mass is 255 g/mol. The maximum absolute atomic E-state index is 10.9. The molecule has 0 aromatic heterocycles. The van der Waals surface area contributed by atoms with Crippen LogP contribution in [0.15, 0.2) is 0 Å². The molecule has 18 heavy (non-hydrogen) atoms. The maximum atomic E-state index is 10.9. The number of carbonyl (C=O) groups excluding carboxylic acids is 1. The molecule has 0 rings (SSSR count). The largest absolute Gasteiger partial charge is 0.370 e. The Morgan fingerprint density at radius 3 is 2.22 bits per heavy atom. The van der Waals surface area contributed by atoms with Crippen LogP contribution in [0.1, 0.15) is 59.8 Å². The predicted molar refractivity (Wildman–Crippen MR) is 78.0 cm³/mol. The van der Waals surface area contributed by atoms with Gasteiger partial charge in [-0.2, -0.15) is 0 Å². The smallest absolute Gasteiger partial charge is 0.217 e. The summed E-state index contributed by atoms with van der Waals surface area (Å²) >= 11 is 0. The molecule has 0 aliphatic heterocycles. The van der Waals surface area contributed by atoms with Crippen molar-refractivity contribution in [3.63, 3.8) is 0 Å². The van der Waals surface area contributed by atoms with Crippen LogP contribution < -0.4 is 5.73 Å². The van der Waals surface area contributed by atoms with Crippen molar-refractivity contribution < 1.29 is 9.37 Å². The van der Waals surface area contributed by atoms with E-state index in [0.29, 0.717) is 11.8 Å². The molecule has 1 unspecified atom stereocenters. The fourth-order valence-corrected chi connectivity index (χ4v) is 2.56. The van der Waals surface area contributed by atoms with Crippen LogP contribution in [0.3, 0.4) is 0 Å². The summed E-state index contributed by atoms with van der Waals surface area (Å²) in [4.78, 5) is 10.9. The van der Waals surface area contributed by atoms with Gasteiger partial charge in [-0.25, -0.2) is 4.58 Å². The van der Waals surface area contributed by atoms with Crippen molar-refractivity contribution in [2.75, 3.05) is 13.6 Å². The number of nitrogens with zero attached hydrogens (tertiary/aromatic N) is 1. The normalized spacial score (nSPS) is 15.2. The highest BCUT2D eigenvalue weighted by atomic mass is 16.1. The lowest BCUT2D eigenvalue weighted by molar-refractivity contribution is -0.491. The van der Waals surface area contributed by atoms with Gasteiger partial charge < -0.3 is 5.73 Å². The summed E-state index contributed by atoms with van der Waals surface area (Å²) in [6.45, 7) is 14.0. The van der Waals surface area contributed by atoms with Crippen molar-refractivity contribution in [1.82, 2.24) is 0 Å². The molecule has 2 N–H and O–H groups in total. The van der Waals surface area contributed by atoms with E-state index < -0.39 is 0 Å². The first-order valence-corrected chi connectivity index (χ1v) is 6.90. The standard InChI is InChI=1S/C15H30N2O/c1-7-15(4,10-11-17(5)6)12-14(2,3)9-8-13(16)18/h5,7-12H2,1-4,6H3,(H-,16,18)/p+1. The highest BCUT2D eigenvalue weighted by molar-refractivity contribution is 5.73. The van der Waals surface area contributed by atoms with Gasteiger partial charge in [0.25, 0.3) is 0 Å². The van der Waals surface area contributed by atoms with Crippen LogP contribution in [0.2, 0.25) is 0 Å². The Morgan fingerprint density at radius 2 is 1.83 bits per heavy atom. The Kier molecular flexibility index (Phi) is 6.58. The minimum Gasteiger partial charge on any atom is -0.370 e. The minimum atomic E-state index is -0.196. The van der Waals surface area contributed by atoms with Crippen molar-refractivity contribution in [2.45, 2.75) is 59.8 Å².